The van der Waals surface area contributed by atoms with E-state index in [9.17, 15) is 9.59 Å². The minimum Gasteiger partial charge on any atom is -0.462 e. The number of aromatic amines is 1. The molecule has 1 aromatic carbocycles. The predicted molar refractivity (Wildman–Crippen MR) is 98.7 cm³/mol. The van der Waals surface area contributed by atoms with Gasteiger partial charge in [0.05, 0.1) is 19.3 Å². The predicted octanol–water partition coefficient (Wildman–Crippen LogP) is 2.80. The normalized spacial score (nSPS) is 16.0. The zero-order valence-electron chi connectivity index (χ0n) is 15.1. The van der Waals surface area contributed by atoms with Gasteiger partial charge >= 0.3 is 11.9 Å². The number of carbonyl (C=O) groups is 2. The maximum absolute atomic E-state index is 12.1. The molecule has 2 N–H and O–H groups in total. The maximum Gasteiger partial charge on any atom is 0.345 e. The van der Waals surface area contributed by atoms with E-state index in [1.165, 1.54) is 10.9 Å². The van der Waals surface area contributed by atoms with Crippen LogP contribution in [0.1, 0.15) is 37.6 Å². The molecular formula is C20H24N2O4. The van der Waals surface area contributed by atoms with Gasteiger partial charge in [0.1, 0.15) is 5.57 Å². The second kappa shape index (κ2) is 8.19. The van der Waals surface area contributed by atoms with E-state index in [4.69, 9.17) is 9.47 Å². The zero-order chi connectivity index (χ0) is 18.5. The topological polar surface area (TPSA) is 80.4 Å². The number of fused-ring (bicyclic) bond motifs is 3. The molecule has 6 nitrogen and oxygen atoms in total. The number of para-hydroxylation sites is 1. The second-order valence-corrected chi connectivity index (χ2v) is 6.11. The molecule has 1 aromatic heterocycles. The second-order valence-electron chi connectivity index (χ2n) is 6.11. The van der Waals surface area contributed by atoms with Gasteiger partial charge in [0, 0.05) is 16.6 Å². The number of esters is 2. The van der Waals surface area contributed by atoms with Gasteiger partial charge in [-0.1, -0.05) is 24.3 Å². The summed E-state index contributed by atoms with van der Waals surface area (Å²) in [6.45, 7) is 4.69. The van der Waals surface area contributed by atoms with Gasteiger partial charge in [0.15, 0.2) is 0 Å². The highest BCUT2D eigenvalue weighted by molar-refractivity contribution is 6.14. The molecule has 2 aromatic rings. The molecule has 0 saturated carbocycles. The third-order valence-corrected chi connectivity index (χ3v) is 4.51. The van der Waals surface area contributed by atoms with Gasteiger partial charge < -0.3 is 19.8 Å². The van der Waals surface area contributed by atoms with Crippen LogP contribution in [-0.2, 0) is 25.5 Å². The molecule has 0 spiro atoms. The van der Waals surface area contributed by atoms with Crippen molar-refractivity contribution in [2.75, 3.05) is 19.8 Å². The zero-order valence-corrected chi connectivity index (χ0v) is 15.1. The third-order valence-electron chi connectivity index (χ3n) is 4.51. The van der Waals surface area contributed by atoms with E-state index in [1.54, 1.807) is 19.9 Å². The van der Waals surface area contributed by atoms with Crippen LogP contribution in [-0.4, -0.2) is 36.7 Å². The van der Waals surface area contributed by atoms with Gasteiger partial charge in [-0.2, -0.15) is 0 Å². The van der Waals surface area contributed by atoms with Gasteiger partial charge in [-0.25, -0.2) is 9.59 Å². The summed E-state index contributed by atoms with van der Waals surface area (Å²) in [6, 6.07) is 8.22. The van der Waals surface area contributed by atoms with Gasteiger partial charge in [-0.05, 0) is 44.9 Å². The number of hydrogen-bond donors (Lipinski definition) is 2. The lowest BCUT2D eigenvalue weighted by Crippen LogP contribution is -2.29. The van der Waals surface area contributed by atoms with E-state index < -0.39 is 11.9 Å². The van der Waals surface area contributed by atoms with Gasteiger partial charge in [-0.3, -0.25) is 0 Å². The maximum atomic E-state index is 12.1. The Morgan fingerprint density at radius 3 is 2.54 bits per heavy atom. The molecule has 0 amide bonds. The first-order valence-corrected chi connectivity index (χ1v) is 9.03. The standard InChI is InChI=1S/C20H24N2O4/c1-3-25-19(23)15(20(24)26-4-2)9-10-17-18-14(11-12-21-17)13-7-5-6-8-16(13)22-18/h5-9,17,21-22H,3-4,10-12H2,1-2H3. The monoisotopic (exact) mass is 356 g/mol. The lowest BCUT2D eigenvalue weighted by Gasteiger charge is -2.23. The molecule has 0 bridgehead atoms. The fourth-order valence-corrected chi connectivity index (χ4v) is 3.37. The molecule has 1 aliphatic heterocycles. The number of ether oxygens (including phenoxy) is 2. The summed E-state index contributed by atoms with van der Waals surface area (Å²) in [4.78, 5) is 27.7. The molecule has 1 atom stereocenters. The fourth-order valence-electron chi connectivity index (χ4n) is 3.37. The Kier molecular flexibility index (Phi) is 5.73. The Morgan fingerprint density at radius 2 is 1.85 bits per heavy atom. The number of hydrogen-bond acceptors (Lipinski definition) is 5. The highest BCUT2D eigenvalue weighted by Crippen LogP contribution is 2.31. The van der Waals surface area contributed by atoms with Crippen LogP contribution < -0.4 is 5.32 Å². The number of benzene rings is 1. The molecule has 0 radical (unpaired) electrons. The summed E-state index contributed by atoms with van der Waals surface area (Å²) in [5.41, 5.74) is 3.47. The SMILES string of the molecule is CCOC(=O)C(=CCC1NCCc2c1[nH]c1ccccc21)C(=O)OCC. The summed E-state index contributed by atoms with van der Waals surface area (Å²) in [5.74, 6) is -1.28. The van der Waals surface area contributed by atoms with Crippen LogP contribution in [0.2, 0.25) is 0 Å². The smallest absolute Gasteiger partial charge is 0.345 e. The summed E-state index contributed by atoms with van der Waals surface area (Å²) in [6.07, 6.45) is 3.06. The van der Waals surface area contributed by atoms with Crippen molar-refractivity contribution in [3.05, 3.63) is 47.2 Å². The molecule has 3 rings (SSSR count). The minimum absolute atomic E-state index is 0.00463. The van der Waals surface area contributed by atoms with E-state index in [2.05, 4.69) is 22.4 Å². The molecule has 26 heavy (non-hydrogen) atoms. The molecule has 0 saturated heterocycles. The molecule has 138 valence electrons. The van der Waals surface area contributed by atoms with Crippen LogP contribution in [0.25, 0.3) is 10.9 Å². The van der Waals surface area contributed by atoms with Crippen LogP contribution in [0, 0.1) is 0 Å². The quantitative estimate of drug-likeness (QED) is 0.360. The lowest BCUT2D eigenvalue weighted by molar-refractivity contribution is -0.146. The summed E-state index contributed by atoms with van der Waals surface area (Å²) < 4.78 is 9.99. The van der Waals surface area contributed by atoms with Crippen molar-refractivity contribution in [2.45, 2.75) is 32.7 Å². The highest BCUT2D eigenvalue weighted by atomic mass is 16.6. The molecule has 2 heterocycles. The first-order valence-electron chi connectivity index (χ1n) is 9.03. The Bertz CT molecular complexity index is 817. The van der Waals surface area contributed by atoms with Crippen molar-refractivity contribution >= 4 is 22.8 Å². The highest BCUT2D eigenvalue weighted by Gasteiger charge is 2.25. The van der Waals surface area contributed by atoms with E-state index in [0.717, 1.165) is 24.2 Å². The third kappa shape index (κ3) is 3.65. The lowest BCUT2D eigenvalue weighted by atomic mass is 9.96. The van der Waals surface area contributed by atoms with E-state index in [1.807, 2.05) is 12.1 Å². The van der Waals surface area contributed by atoms with E-state index >= 15 is 0 Å². The number of carbonyl (C=O) groups excluding carboxylic acids is 2. The Hall–Kier alpha value is -2.60. The average molecular weight is 356 g/mol. The summed E-state index contributed by atoms with van der Waals surface area (Å²) in [5, 5.41) is 4.68. The van der Waals surface area contributed by atoms with E-state index in [0.29, 0.717) is 6.42 Å². The van der Waals surface area contributed by atoms with Crippen LogP contribution in [0.5, 0.6) is 0 Å². The van der Waals surface area contributed by atoms with E-state index in [-0.39, 0.29) is 24.8 Å². The fraction of sp³-hybridized carbons (Fsp3) is 0.400. The van der Waals surface area contributed by atoms with Crippen LogP contribution in [0.4, 0.5) is 0 Å². The molecule has 6 heteroatoms. The number of aromatic nitrogens is 1. The Morgan fingerprint density at radius 1 is 1.15 bits per heavy atom. The Balaban J connectivity index is 1.86. The van der Waals surface area contributed by atoms with Crippen LogP contribution in [0.15, 0.2) is 35.9 Å². The van der Waals surface area contributed by atoms with Crippen molar-refractivity contribution in [2.24, 2.45) is 0 Å². The molecular weight excluding hydrogens is 332 g/mol. The summed E-state index contributed by atoms with van der Waals surface area (Å²) in [7, 11) is 0. The number of rotatable bonds is 6. The van der Waals surface area contributed by atoms with Crippen molar-refractivity contribution in [1.82, 2.24) is 10.3 Å². The average Bonchev–Trinajstić information content (AvgIpc) is 3.02. The Labute approximate surface area is 152 Å². The number of nitrogens with one attached hydrogen (secondary N) is 2. The minimum atomic E-state index is -0.640. The largest absolute Gasteiger partial charge is 0.462 e. The molecule has 0 aliphatic carbocycles. The van der Waals surface area contributed by atoms with Crippen LogP contribution in [0.3, 0.4) is 0 Å². The first kappa shape index (κ1) is 18.2. The number of H-pyrrole nitrogens is 1. The van der Waals surface area contributed by atoms with Gasteiger partial charge in [0.2, 0.25) is 0 Å². The molecule has 1 unspecified atom stereocenters. The first-order chi connectivity index (χ1) is 12.7. The van der Waals surface area contributed by atoms with Crippen molar-refractivity contribution in [3.8, 4) is 0 Å². The van der Waals surface area contributed by atoms with Crippen LogP contribution >= 0.6 is 0 Å². The van der Waals surface area contributed by atoms with Crippen molar-refractivity contribution in [1.29, 1.82) is 0 Å². The van der Waals surface area contributed by atoms with Crippen molar-refractivity contribution < 1.29 is 19.1 Å². The van der Waals surface area contributed by atoms with Gasteiger partial charge in [0.25, 0.3) is 0 Å². The van der Waals surface area contributed by atoms with Crippen molar-refractivity contribution in [3.63, 3.8) is 0 Å². The molecule has 0 fully saturated rings. The summed E-state index contributed by atoms with van der Waals surface area (Å²) >= 11 is 0. The van der Waals surface area contributed by atoms with Gasteiger partial charge in [-0.15, -0.1) is 0 Å². The molecule has 1 aliphatic rings.